The van der Waals surface area contributed by atoms with Crippen molar-refractivity contribution < 1.29 is 19.0 Å². The number of carbonyl (C=O) groups is 1. The highest BCUT2D eigenvalue weighted by Gasteiger charge is 2.29. The summed E-state index contributed by atoms with van der Waals surface area (Å²) in [6, 6.07) is 3.96. The molecule has 1 aromatic carbocycles. The van der Waals surface area contributed by atoms with Crippen molar-refractivity contribution in [2.75, 3.05) is 13.7 Å². The first kappa shape index (κ1) is 14.7. The molecule has 0 aromatic heterocycles. The highest BCUT2D eigenvalue weighted by Crippen LogP contribution is 2.38. The van der Waals surface area contributed by atoms with E-state index in [0.717, 1.165) is 29.0 Å². The van der Waals surface area contributed by atoms with Crippen LogP contribution in [0.2, 0.25) is 0 Å². The Morgan fingerprint density at radius 2 is 2.15 bits per heavy atom. The van der Waals surface area contributed by atoms with Crippen LogP contribution in [0.25, 0.3) is 0 Å². The van der Waals surface area contributed by atoms with E-state index in [-0.39, 0.29) is 5.97 Å². The van der Waals surface area contributed by atoms with E-state index in [2.05, 4.69) is 6.92 Å². The van der Waals surface area contributed by atoms with E-state index in [1.165, 1.54) is 0 Å². The summed E-state index contributed by atoms with van der Waals surface area (Å²) in [5.41, 5.74) is 2.10. The highest BCUT2D eigenvalue weighted by molar-refractivity contribution is 5.75. The zero-order valence-electron chi connectivity index (χ0n) is 12.6. The first-order chi connectivity index (χ1) is 9.56. The number of hydrogen-bond acceptors (Lipinski definition) is 4. The molecule has 4 nitrogen and oxygen atoms in total. The molecule has 2 atom stereocenters. The fourth-order valence-electron chi connectivity index (χ4n) is 2.55. The van der Waals surface area contributed by atoms with Crippen LogP contribution >= 0.6 is 0 Å². The highest BCUT2D eigenvalue weighted by atomic mass is 16.6. The lowest BCUT2D eigenvalue weighted by Gasteiger charge is -2.17. The Labute approximate surface area is 120 Å². The number of benzene rings is 1. The van der Waals surface area contributed by atoms with E-state index in [4.69, 9.17) is 14.2 Å². The molecule has 110 valence electrons. The molecular weight excluding hydrogens is 256 g/mol. The van der Waals surface area contributed by atoms with Gasteiger partial charge in [-0.2, -0.15) is 0 Å². The molecule has 0 bridgehead atoms. The van der Waals surface area contributed by atoms with Crippen molar-refractivity contribution >= 4 is 5.97 Å². The Bertz CT molecular complexity index is 495. The molecule has 1 aliphatic rings. The molecule has 1 aliphatic heterocycles. The largest absolute Gasteiger partial charge is 0.496 e. The number of carbonyl (C=O) groups excluding carboxylic acids is 1. The molecule has 20 heavy (non-hydrogen) atoms. The number of fused-ring (bicyclic) bond motifs is 1. The second kappa shape index (κ2) is 6.16. The van der Waals surface area contributed by atoms with E-state index < -0.39 is 6.10 Å². The molecule has 0 aliphatic carbocycles. The lowest BCUT2D eigenvalue weighted by atomic mass is 9.94. The van der Waals surface area contributed by atoms with E-state index in [1.807, 2.05) is 19.1 Å². The predicted molar refractivity (Wildman–Crippen MR) is 76.4 cm³/mol. The summed E-state index contributed by atoms with van der Waals surface area (Å²) in [6.45, 7) is 6.30. The van der Waals surface area contributed by atoms with Gasteiger partial charge in [0, 0.05) is 5.56 Å². The Hall–Kier alpha value is -1.71. The monoisotopic (exact) mass is 278 g/mol. The molecule has 1 heterocycles. The van der Waals surface area contributed by atoms with Gasteiger partial charge in [-0.3, -0.25) is 0 Å². The molecule has 4 heteroatoms. The van der Waals surface area contributed by atoms with Crippen molar-refractivity contribution in [3.63, 3.8) is 0 Å². The fourth-order valence-corrected chi connectivity index (χ4v) is 2.55. The van der Waals surface area contributed by atoms with Gasteiger partial charge in [0.2, 0.25) is 0 Å². The third kappa shape index (κ3) is 2.89. The summed E-state index contributed by atoms with van der Waals surface area (Å²) in [7, 11) is 1.67. The van der Waals surface area contributed by atoms with E-state index in [1.54, 1.807) is 14.0 Å². The smallest absolute Gasteiger partial charge is 0.347 e. The van der Waals surface area contributed by atoms with Gasteiger partial charge in [0.15, 0.2) is 6.10 Å². The van der Waals surface area contributed by atoms with Gasteiger partial charge in [0.25, 0.3) is 0 Å². The molecule has 0 saturated heterocycles. The molecular formula is C16H22O4. The van der Waals surface area contributed by atoms with Crippen molar-refractivity contribution in [2.45, 2.75) is 45.6 Å². The second-order valence-electron chi connectivity index (χ2n) is 5.20. The van der Waals surface area contributed by atoms with Crippen LogP contribution in [0.4, 0.5) is 0 Å². The minimum atomic E-state index is -0.508. The fraction of sp³-hybridized carbons (Fsp3) is 0.562. The van der Waals surface area contributed by atoms with Crippen LogP contribution in [0, 0.1) is 6.92 Å². The van der Waals surface area contributed by atoms with Gasteiger partial charge in [0.1, 0.15) is 11.5 Å². The molecule has 0 N–H and O–H groups in total. The molecule has 0 spiro atoms. The maximum absolute atomic E-state index is 11.9. The minimum absolute atomic E-state index is 0.277. The maximum atomic E-state index is 11.9. The van der Waals surface area contributed by atoms with Crippen LogP contribution in [0.3, 0.4) is 0 Å². The average molecular weight is 278 g/mol. The lowest BCUT2D eigenvalue weighted by molar-refractivity contribution is -0.151. The third-order valence-corrected chi connectivity index (χ3v) is 3.74. The first-order valence-electron chi connectivity index (χ1n) is 7.08. The minimum Gasteiger partial charge on any atom is -0.496 e. The number of aryl methyl sites for hydroxylation is 1. The summed E-state index contributed by atoms with van der Waals surface area (Å²) in [4.78, 5) is 11.9. The number of rotatable bonds is 3. The molecule has 0 saturated carbocycles. The zero-order chi connectivity index (χ0) is 14.7. The SMILES string of the molecule is CCOC(=O)[C@@H]1CC[C@H](C)c2cc(OC)c(C)cc2O1. The number of ether oxygens (including phenoxy) is 3. The summed E-state index contributed by atoms with van der Waals surface area (Å²) in [5, 5.41) is 0. The molecule has 0 amide bonds. The van der Waals surface area contributed by atoms with Crippen molar-refractivity contribution in [2.24, 2.45) is 0 Å². The molecule has 1 aromatic rings. The van der Waals surface area contributed by atoms with Crippen LogP contribution in [0.5, 0.6) is 11.5 Å². The summed E-state index contributed by atoms with van der Waals surface area (Å²) in [5.74, 6) is 1.68. The van der Waals surface area contributed by atoms with Gasteiger partial charge >= 0.3 is 5.97 Å². The van der Waals surface area contributed by atoms with Crippen LogP contribution in [0.15, 0.2) is 12.1 Å². The quantitative estimate of drug-likeness (QED) is 0.796. The first-order valence-corrected chi connectivity index (χ1v) is 7.08. The van der Waals surface area contributed by atoms with Crippen LogP contribution in [-0.4, -0.2) is 25.8 Å². The normalized spacial score (nSPS) is 21.4. The van der Waals surface area contributed by atoms with Gasteiger partial charge < -0.3 is 14.2 Å². The summed E-state index contributed by atoms with van der Waals surface area (Å²) < 4.78 is 16.3. The zero-order valence-corrected chi connectivity index (χ0v) is 12.6. The summed E-state index contributed by atoms with van der Waals surface area (Å²) >= 11 is 0. The Morgan fingerprint density at radius 1 is 1.40 bits per heavy atom. The van der Waals surface area contributed by atoms with Crippen LogP contribution < -0.4 is 9.47 Å². The van der Waals surface area contributed by atoms with Gasteiger partial charge in [-0.25, -0.2) is 4.79 Å². The second-order valence-corrected chi connectivity index (χ2v) is 5.20. The van der Waals surface area contributed by atoms with Crippen LogP contribution in [-0.2, 0) is 9.53 Å². The average Bonchev–Trinajstić information content (AvgIpc) is 2.58. The van der Waals surface area contributed by atoms with E-state index in [9.17, 15) is 4.79 Å². The third-order valence-electron chi connectivity index (χ3n) is 3.74. The molecule has 0 fully saturated rings. The maximum Gasteiger partial charge on any atom is 0.347 e. The molecule has 0 radical (unpaired) electrons. The van der Waals surface area contributed by atoms with Gasteiger partial charge in [-0.1, -0.05) is 6.92 Å². The van der Waals surface area contributed by atoms with Crippen molar-refractivity contribution in [1.82, 2.24) is 0 Å². The van der Waals surface area contributed by atoms with Gasteiger partial charge in [-0.15, -0.1) is 0 Å². The molecule has 2 rings (SSSR count). The Balaban J connectivity index is 2.33. The Kier molecular flexibility index (Phi) is 4.53. The Morgan fingerprint density at radius 3 is 2.80 bits per heavy atom. The van der Waals surface area contributed by atoms with Crippen molar-refractivity contribution in [1.29, 1.82) is 0 Å². The van der Waals surface area contributed by atoms with E-state index >= 15 is 0 Å². The van der Waals surface area contributed by atoms with Crippen molar-refractivity contribution in [3.05, 3.63) is 23.3 Å². The molecule has 0 unspecified atom stereocenters. The number of methoxy groups -OCH3 is 1. The predicted octanol–water partition coefficient (Wildman–Crippen LogP) is 3.21. The van der Waals surface area contributed by atoms with Crippen molar-refractivity contribution in [3.8, 4) is 11.5 Å². The van der Waals surface area contributed by atoms with E-state index in [0.29, 0.717) is 18.9 Å². The number of esters is 1. The summed E-state index contributed by atoms with van der Waals surface area (Å²) in [6.07, 6.45) is 1.06. The van der Waals surface area contributed by atoms with Gasteiger partial charge in [-0.05, 0) is 50.3 Å². The number of hydrogen-bond donors (Lipinski definition) is 0. The van der Waals surface area contributed by atoms with Gasteiger partial charge in [0.05, 0.1) is 13.7 Å². The lowest BCUT2D eigenvalue weighted by Crippen LogP contribution is -2.28. The topological polar surface area (TPSA) is 44.8 Å². The van der Waals surface area contributed by atoms with Crippen LogP contribution in [0.1, 0.15) is 43.7 Å². The standard InChI is InChI=1S/C16H22O4/c1-5-19-16(17)13-7-6-10(2)12-9-14(18-4)11(3)8-15(12)20-13/h8-10,13H,5-7H2,1-4H3/t10-,13-/m0/s1.